The number of rotatable bonds is 3. The lowest BCUT2D eigenvalue weighted by molar-refractivity contribution is -0.156. The van der Waals surface area contributed by atoms with E-state index in [0.29, 0.717) is 26.0 Å². The van der Waals surface area contributed by atoms with Crippen LogP contribution in [0.3, 0.4) is 0 Å². The highest BCUT2D eigenvalue weighted by Gasteiger charge is 2.45. The van der Waals surface area contributed by atoms with E-state index in [-0.39, 0.29) is 11.5 Å². The standard InChI is InChI=1S/C11H23NO2/c1-4-9-7-11(13,5-6-14-9)10(2,3)8-12/h9,13H,4-8,12H2,1-3H3. The Morgan fingerprint density at radius 2 is 2.21 bits per heavy atom. The first kappa shape index (κ1) is 12.0. The Balaban J connectivity index is 2.73. The number of ether oxygens (including phenoxy) is 1. The molecule has 1 heterocycles. The van der Waals surface area contributed by atoms with Crippen LogP contribution in [0.15, 0.2) is 0 Å². The van der Waals surface area contributed by atoms with Gasteiger partial charge in [0.25, 0.3) is 0 Å². The van der Waals surface area contributed by atoms with E-state index >= 15 is 0 Å². The first-order valence-electron chi connectivity index (χ1n) is 5.49. The Hall–Kier alpha value is -0.120. The molecule has 0 aromatic rings. The molecule has 0 aliphatic carbocycles. The van der Waals surface area contributed by atoms with Crippen molar-refractivity contribution in [3.8, 4) is 0 Å². The second-order valence-electron chi connectivity index (χ2n) is 4.97. The third-order valence-corrected chi connectivity index (χ3v) is 3.66. The number of nitrogens with two attached hydrogens (primary N) is 1. The highest BCUT2D eigenvalue weighted by Crippen LogP contribution is 2.40. The van der Waals surface area contributed by atoms with Gasteiger partial charge in [-0.1, -0.05) is 20.8 Å². The van der Waals surface area contributed by atoms with Crippen LogP contribution in [0, 0.1) is 5.41 Å². The van der Waals surface area contributed by atoms with Gasteiger partial charge in [0.15, 0.2) is 0 Å². The van der Waals surface area contributed by atoms with Crippen molar-refractivity contribution in [2.45, 2.75) is 51.7 Å². The fraction of sp³-hybridized carbons (Fsp3) is 1.00. The van der Waals surface area contributed by atoms with Crippen molar-refractivity contribution in [2.75, 3.05) is 13.2 Å². The topological polar surface area (TPSA) is 55.5 Å². The van der Waals surface area contributed by atoms with Crippen molar-refractivity contribution in [1.29, 1.82) is 0 Å². The summed E-state index contributed by atoms with van der Waals surface area (Å²) < 4.78 is 5.56. The molecule has 0 aromatic heterocycles. The fourth-order valence-electron chi connectivity index (χ4n) is 2.00. The minimum Gasteiger partial charge on any atom is -0.389 e. The van der Waals surface area contributed by atoms with Gasteiger partial charge in [-0.2, -0.15) is 0 Å². The molecular weight excluding hydrogens is 178 g/mol. The molecule has 1 aliphatic heterocycles. The van der Waals surface area contributed by atoms with Gasteiger partial charge in [-0.3, -0.25) is 0 Å². The molecule has 2 atom stereocenters. The molecule has 1 fully saturated rings. The second-order valence-corrected chi connectivity index (χ2v) is 4.97. The average molecular weight is 201 g/mol. The van der Waals surface area contributed by atoms with Crippen LogP contribution in [-0.4, -0.2) is 30.0 Å². The van der Waals surface area contributed by atoms with E-state index in [1.165, 1.54) is 0 Å². The van der Waals surface area contributed by atoms with Crippen LogP contribution in [0.2, 0.25) is 0 Å². The SMILES string of the molecule is CCC1CC(O)(C(C)(C)CN)CCO1. The maximum absolute atomic E-state index is 10.5. The van der Waals surface area contributed by atoms with Crippen molar-refractivity contribution in [2.24, 2.45) is 11.1 Å². The van der Waals surface area contributed by atoms with Gasteiger partial charge in [0.1, 0.15) is 0 Å². The first-order chi connectivity index (χ1) is 6.45. The molecule has 14 heavy (non-hydrogen) atoms. The molecule has 84 valence electrons. The van der Waals surface area contributed by atoms with Crippen molar-refractivity contribution in [3.05, 3.63) is 0 Å². The fourth-order valence-corrected chi connectivity index (χ4v) is 2.00. The van der Waals surface area contributed by atoms with E-state index in [4.69, 9.17) is 10.5 Å². The summed E-state index contributed by atoms with van der Waals surface area (Å²) in [6.07, 6.45) is 2.57. The molecule has 0 aromatic carbocycles. The Morgan fingerprint density at radius 1 is 1.57 bits per heavy atom. The molecule has 0 amide bonds. The van der Waals surface area contributed by atoms with Gasteiger partial charge in [0.2, 0.25) is 0 Å². The quantitative estimate of drug-likeness (QED) is 0.723. The normalized spacial score (nSPS) is 34.5. The van der Waals surface area contributed by atoms with Crippen LogP contribution < -0.4 is 5.73 Å². The van der Waals surface area contributed by atoms with E-state index in [0.717, 1.165) is 6.42 Å². The average Bonchev–Trinajstić information content (AvgIpc) is 2.17. The highest BCUT2D eigenvalue weighted by atomic mass is 16.5. The third kappa shape index (κ3) is 2.10. The zero-order valence-corrected chi connectivity index (χ0v) is 9.55. The maximum atomic E-state index is 10.5. The predicted octanol–water partition coefficient (Wildman–Crippen LogP) is 1.29. The zero-order valence-electron chi connectivity index (χ0n) is 9.55. The number of hydrogen-bond donors (Lipinski definition) is 2. The molecule has 0 bridgehead atoms. The van der Waals surface area contributed by atoms with Gasteiger partial charge in [0.05, 0.1) is 11.7 Å². The first-order valence-corrected chi connectivity index (χ1v) is 5.49. The van der Waals surface area contributed by atoms with Crippen LogP contribution >= 0.6 is 0 Å². The monoisotopic (exact) mass is 201 g/mol. The van der Waals surface area contributed by atoms with Gasteiger partial charge >= 0.3 is 0 Å². The summed E-state index contributed by atoms with van der Waals surface area (Å²) in [4.78, 5) is 0. The summed E-state index contributed by atoms with van der Waals surface area (Å²) >= 11 is 0. The molecule has 0 saturated carbocycles. The van der Waals surface area contributed by atoms with E-state index in [1.807, 2.05) is 13.8 Å². The Bertz CT molecular complexity index is 194. The van der Waals surface area contributed by atoms with Gasteiger partial charge in [-0.15, -0.1) is 0 Å². The van der Waals surface area contributed by atoms with Gasteiger partial charge in [-0.25, -0.2) is 0 Å². The minimum atomic E-state index is -0.652. The highest BCUT2D eigenvalue weighted by molar-refractivity contribution is 4.97. The number of hydrogen-bond acceptors (Lipinski definition) is 3. The van der Waals surface area contributed by atoms with Crippen molar-refractivity contribution < 1.29 is 9.84 Å². The molecule has 1 saturated heterocycles. The Morgan fingerprint density at radius 3 is 2.71 bits per heavy atom. The van der Waals surface area contributed by atoms with E-state index < -0.39 is 5.60 Å². The largest absolute Gasteiger partial charge is 0.389 e. The molecule has 1 rings (SSSR count). The molecule has 2 unspecified atom stereocenters. The lowest BCUT2D eigenvalue weighted by Crippen LogP contribution is -2.54. The molecule has 1 aliphatic rings. The van der Waals surface area contributed by atoms with Crippen LogP contribution in [-0.2, 0) is 4.74 Å². The van der Waals surface area contributed by atoms with Crippen molar-refractivity contribution >= 4 is 0 Å². The lowest BCUT2D eigenvalue weighted by Gasteiger charge is -2.46. The van der Waals surface area contributed by atoms with Crippen LogP contribution in [0.5, 0.6) is 0 Å². The smallest absolute Gasteiger partial charge is 0.0757 e. The van der Waals surface area contributed by atoms with E-state index in [1.54, 1.807) is 0 Å². The summed E-state index contributed by atoms with van der Waals surface area (Å²) in [7, 11) is 0. The lowest BCUT2D eigenvalue weighted by atomic mass is 9.69. The van der Waals surface area contributed by atoms with E-state index in [2.05, 4.69) is 6.92 Å². The van der Waals surface area contributed by atoms with Crippen LogP contribution in [0.4, 0.5) is 0 Å². The second kappa shape index (κ2) is 4.17. The maximum Gasteiger partial charge on any atom is 0.0757 e. The molecule has 3 heteroatoms. The summed E-state index contributed by atoms with van der Waals surface area (Å²) in [6, 6.07) is 0. The Labute approximate surface area is 86.6 Å². The Kier molecular flexibility index (Phi) is 3.56. The van der Waals surface area contributed by atoms with Crippen LogP contribution in [0.1, 0.15) is 40.0 Å². The summed E-state index contributed by atoms with van der Waals surface area (Å²) in [5.74, 6) is 0. The molecule has 3 nitrogen and oxygen atoms in total. The summed E-state index contributed by atoms with van der Waals surface area (Å²) in [5, 5.41) is 10.5. The minimum absolute atomic E-state index is 0.194. The molecule has 3 N–H and O–H groups in total. The van der Waals surface area contributed by atoms with Crippen molar-refractivity contribution in [3.63, 3.8) is 0 Å². The number of aliphatic hydroxyl groups is 1. The molecular formula is C11H23NO2. The van der Waals surface area contributed by atoms with Gasteiger partial charge in [-0.05, 0) is 6.42 Å². The summed E-state index contributed by atoms with van der Waals surface area (Å²) in [5.41, 5.74) is 4.84. The predicted molar refractivity (Wildman–Crippen MR) is 57.1 cm³/mol. The van der Waals surface area contributed by atoms with Gasteiger partial charge < -0.3 is 15.6 Å². The van der Waals surface area contributed by atoms with Crippen molar-refractivity contribution in [1.82, 2.24) is 0 Å². The zero-order chi connectivity index (χ0) is 10.8. The van der Waals surface area contributed by atoms with Gasteiger partial charge in [0, 0.05) is 31.4 Å². The molecule has 0 radical (unpaired) electrons. The summed E-state index contributed by atoms with van der Waals surface area (Å²) in [6.45, 7) is 7.32. The third-order valence-electron chi connectivity index (χ3n) is 3.66. The molecule has 0 spiro atoms. The van der Waals surface area contributed by atoms with Crippen LogP contribution in [0.25, 0.3) is 0 Å². The van der Waals surface area contributed by atoms with E-state index in [9.17, 15) is 5.11 Å².